The molecule has 1 saturated heterocycles. The monoisotopic (exact) mass is 298 g/mol. The maximum absolute atomic E-state index is 12.4. The van der Waals surface area contributed by atoms with Crippen molar-refractivity contribution in [2.24, 2.45) is 5.92 Å². The highest BCUT2D eigenvalue weighted by Gasteiger charge is 2.33. The average Bonchev–Trinajstić information content (AvgIpc) is 2.50. The summed E-state index contributed by atoms with van der Waals surface area (Å²) < 4.78 is 0. The van der Waals surface area contributed by atoms with E-state index in [9.17, 15) is 14.7 Å². The standard InChI is InChI=1S/C16H30N2O3/c1-5-12(3)16(4,21)11-17-15(20)13-9-7-8-10-18(13)14(19)6-2/h12-13,21H,5-11H2,1-4H3,(H,17,20). The van der Waals surface area contributed by atoms with Gasteiger partial charge in [-0.3, -0.25) is 9.59 Å². The summed E-state index contributed by atoms with van der Waals surface area (Å²) in [5, 5.41) is 13.2. The van der Waals surface area contributed by atoms with Gasteiger partial charge < -0.3 is 15.3 Å². The quantitative estimate of drug-likeness (QED) is 0.784. The number of aliphatic hydroxyl groups is 1. The van der Waals surface area contributed by atoms with Crippen molar-refractivity contribution in [3.05, 3.63) is 0 Å². The maximum atomic E-state index is 12.4. The molecule has 1 heterocycles. The topological polar surface area (TPSA) is 69.6 Å². The van der Waals surface area contributed by atoms with E-state index in [0.29, 0.717) is 19.4 Å². The van der Waals surface area contributed by atoms with Gasteiger partial charge in [0.15, 0.2) is 0 Å². The number of hydrogen-bond acceptors (Lipinski definition) is 3. The van der Waals surface area contributed by atoms with Gasteiger partial charge in [-0.1, -0.05) is 27.2 Å². The third-order valence-electron chi connectivity index (χ3n) is 4.72. The van der Waals surface area contributed by atoms with Gasteiger partial charge in [0.2, 0.25) is 11.8 Å². The van der Waals surface area contributed by atoms with Gasteiger partial charge in [-0.2, -0.15) is 0 Å². The van der Waals surface area contributed by atoms with Gasteiger partial charge in [0, 0.05) is 19.5 Å². The Morgan fingerprint density at radius 1 is 1.38 bits per heavy atom. The van der Waals surface area contributed by atoms with Crippen LogP contribution in [0.1, 0.15) is 59.8 Å². The number of carbonyl (C=O) groups is 2. The highest BCUT2D eigenvalue weighted by Crippen LogP contribution is 2.21. The van der Waals surface area contributed by atoms with Gasteiger partial charge in [-0.25, -0.2) is 0 Å². The molecule has 0 saturated carbocycles. The zero-order valence-electron chi connectivity index (χ0n) is 13.8. The van der Waals surface area contributed by atoms with E-state index in [4.69, 9.17) is 0 Å². The highest BCUT2D eigenvalue weighted by molar-refractivity contribution is 5.87. The molecule has 3 unspecified atom stereocenters. The molecule has 5 heteroatoms. The Bertz CT molecular complexity index is 369. The second-order valence-electron chi connectivity index (χ2n) is 6.34. The molecular weight excluding hydrogens is 268 g/mol. The second kappa shape index (κ2) is 7.78. The number of nitrogens with one attached hydrogen (secondary N) is 1. The minimum atomic E-state index is -0.918. The molecule has 2 N–H and O–H groups in total. The molecule has 3 atom stereocenters. The molecule has 5 nitrogen and oxygen atoms in total. The Morgan fingerprint density at radius 3 is 2.62 bits per heavy atom. The molecule has 1 aliphatic rings. The van der Waals surface area contributed by atoms with Gasteiger partial charge in [0.05, 0.1) is 5.60 Å². The Kier molecular flexibility index (Phi) is 6.65. The van der Waals surface area contributed by atoms with Crippen molar-refractivity contribution < 1.29 is 14.7 Å². The lowest BCUT2D eigenvalue weighted by Gasteiger charge is -2.36. The first-order valence-electron chi connectivity index (χ1n) is 8.13. The number of nitrogens with zero attached hydrogens (tertiary/aromatic N) is 1. The van der Waals surface area contributed by atoms with E-state index in [2.05, 4.69) is 5.32 Å². The number of rotatable bonds is 6. The molecular formula is C16H30N2O3. The predicted molar refractivity (Wildman–Crippen MR) is 82.7 cm³/mol. The number of likely N-dealkylation sites (tertiary alicyclic amines) is 1. The van der Waals surface area contributed by atoms with E-state index in [0.717, 1.165) is 19.3 Å². The SMILES string of the molecule is CCC(=O)N1CCCCC1C(=O)NCC(C)(O)C(C)CC. The Morgan fingerprint density at radius 2 is 2.05 bits per heavy atom. The van der Waals surface area contributed by atoms with Crippen LogP contribution >= 0.6 is 0 Å². The van der Waals surface area contributed by atoms with Crippen molar-refractivity contribution in [3.8, 4) is 0 Å². The fraction of sp³-hybridized carbons (Fsp3) is 0.875. The highest BCUT2D eigenvalue weighted by atomic mass is 16.3. The van der Waals surface area contributed by atoms with Crippen molar-refractivity contribution >= 4 is 11.8 Å². The van der Waals surface area contributed by atoms with Crippen molar-refractivity contribution in [1.82, 2.24) is 10.2 Å². The number of amides is 2. The van der Waals surface area contributed by atoms with E-state index >= 15 is 0 Å². The van der Waals surface area contributed by atoms with E-state index in [1.54, 1.807) is 11.8 Å². The van der Waals surface area contributed by atoms with Crippen LogP contribution in [0.3, 0.4) is 0 Å². The summed E-state index contributed by atoms with van der Waals surface area (Å²) in [6.07, 6.45) is 3.91. The van der Waals surface area contributed by atoms with Crippen LogP contribution in [-0.2, 0) is 9.59 Å². The van der Waals surface area contributed by atoms with Crippen LogP contribution in [0.2, 0.25) is 0 Å². The normalized spacial score (nSPS) is 23.3. The van der Waals surface area contributed by atoms with Crippen molar-refractivity contribution in [1.29, 1.82) is 0 Å². The number of carbonyl (C=O) groups excluding carboxylic acids is 2. The van der Waals surface area contributed by atoms with E-state index in [-0.39, 0.29) is 30.3 Å². The zero-order valence-corrected chi connectivity index (χ0v) is 13.8. The fourth-order valence-corrected chi connectivity index (χ4v) is 2.70. The minimum Gasteiger partial charge on any atom is -0.388 e. The van der Waals surface area contributed by atoms with Gasteiger partial charge in [0.25, 0.3) is 0 Å². The molecule has 1 aliphatic heterocycles. The molecule has 1 rings (SSSR count). The predicted octanol–water partition coefficient (Wildman–Crippen LogP) is 1.69. The van der Waals surface area contributed by atoms with Crippen LogP contribution < -0.4 is 5.32 Å². The molecule has 2 amide bonds. The third kappa shape index (κ3) is 4.70. The fourth-order valence-electron chi connectivity index (χ4n) is 2.70. The van der Waals surface area contributed by atoms with Crippen LogP contribution in [0.15, 0.2) is 0 Å². The largest absolute Gasteiger partial charge is 0.388 e. The van der Waals surface area contributed by atoms with E-state index in [1.807, 2.05) is 20.8 Å². The minimum absolute atomic E-state index is 0.0311. The summed E-state index contributed by atoms with van der Waals surface area (Å²) in [6, 6.07) is -0.376. The van der Waals surface area contributed by atoms with E-state index in [1.165, 1.54) is 0 Å². The van der Waals surface area contributed by atoms with Gasteiger partial charge in [-0.15, -0.1) is 0 Å². The first-order valence-corrected chi connectivity index (χ1v) is 8.13. The lowest BCUT2D eigenvalue weighted by Crippen LogP contribution is -2.54. The lowest BCUT2D eigenvalue weighted by molar-refractivity contribution is -0.142. The smallest absolute Gasteiger partial charge is 0.242 e. The van der Waals surface area contributed by atoms with Gasteiger partial charge >= 0.3 is 0 Å². The lowest BCUT2D eigenvalue weighted by atomic mass is 9.88. The Hall–Kier alpha value is -1.10. The number of piperidine rings is 1. The molecule has 0 aliphatic carbocycles. The van der Waals surface area contributed by atoms with Crippen LogP contribution in [0, 0.1) is 5.92 Å². The number of hydrogen-bond donors (Lipinski definition) is 2. The average molecular weight is 298 g/mol. The molecule has 0 aromatic rings. The van der Waals surface area contributed by atoms with E-state index < -0.39 is 5.60 Å². The zero-order chi connectivity index (χ0) is 16.0. The second-order valence-corrected chi connectivity index (χ2v) is 6.34. The summed E-state index contributed by atoms with van der Waals surface area (Å²) >= 11 is 0. The molecule has 0 spiro atoms. The first kappa shape index (κ1) is 18.0. The molecule has 0 radical (unpaired) electrons. The van der Waals surface area contributed by atoms with Crippen molar-refractivity contribution in [2.75, 3.05) is 13.1 Å². The summed E-state index contributed by atoms with van der Waals surface area (Å²) in [5.74, 6) is 0.00106. The molecule has 1 fully saturated rings. The van der Waals surface area contributed by atoms with Crippen LogP contribution in [0.4, 0.5) is 0 Å². The van der Waals surface area contributed by atoms with Crippen LogP contribution in [0.25, 0.3) is 0 Å². The van der Waals surface area contributed by atoms with Crippen molar-refractivity contribution in [2.45, 2.75) is 71.4 Å². The Labute approximate surface area is 128 Å². The summed E-state index contributed by atoms with van der Waals surface area (Å²) in [6.45, 7) is 8.44. The molecule has 21 heavy (non-hydrogen) atoms. The molecule has 122 valence electrons. The Balaban J connectivity index is 2.62. The van der Waals surface area contributed by atoms with Crippen LogP contribution in [-0.4, -0.2) is 46.6 Å². The molecule has 0 aromatic carbocycles. The summed E-state index contributed by atoms with van der Waals surface area (Å²) in [5.41, 5.74) is -0.918. The van der Waals surface area contributed by atoms with Gasteiger partial charge in [0.1, 0.15) is 6.04 Å². The first-order chi connectivity index (χ1) is 9.83. The summed E-state index contributed by atoms with van der Waals surface area (Å²) in [4.78, 5) is 26.0. The maximum Gasteiger partial charge on any atom is 0.242 e. The molecule has 0 aromatic heterocycles. The van der Waals surface area contributed by atoms with Gasteiger partial charge in [-0.05, 0) is 32.1 Å². The third-order valence-corrected chi connectivity index (χ3v) is 4.72. The van der Waals surface area contributed by atoms with Crippen molar-refractivity contribution in [3.63, 3.8) is 0 Å². The summed E-state index contributed by atoms with van der Waals surface area (Å²) in [7, 11) is 0. The van der Waals surface area contributed by atoms with Crippen LogP contribution in [0.5, 0.6) is 0 Å². The molecule has 0 bridgehead atoms.